The maximum atomic E-state index is 14.0. The summed E-state index contributed by atoms with van der Waals surface area (Å²) in [5.41, 5.74) is -0.575. The van der Waals surface area contributed by atoms with Crippen LogP contribution < -0.4 is 15.4 Å². The maximum Gasteiger partial charge on any atom is 0.407 e. The first-order valence-corrected chi connectivity index (χ1v) is 17.6. The van der Waals surface area contributed by atoms with Crippen LogP contribution in [-0.4, -0.2) is 81.5 Å². The Hall–Kier alpha value is -3.80. The zero-order valence-electron chi connectivity index (χ0n) is 26.1. The lowest BCUT2D eigenvalue weighted by molar-refractivity contribution is -0.145. The first-order chi connectivity index (χ1) is 22.3. The number of nitrogens with one attached hydrogen (secondary N) is 2. The normalized spacial score (nSPS) is 29.5. The van der Waals surface area contributed by atoms with Gasteiger partial charge in [0.2, 0.25) is 11.8 Å². The van der Waals surface area contributed by atoms with E-state index in [4.69, 9.17) is 9.47 Å². The van der Waals surface area contributed by atoms with Gasteiger partial charge in [-0.2, -0.15) is 0 Å². The fourth-order valence-electron chi connectivity index (χ4n) is 7.07. The van der Waals surface area contributed by atoms with Crippen molar-refractivity contribution in [2.75, 3.05) is 12.8 Å². The molecule has 246 valence electrons. The predicted octanol–water partition coefficient (Wildman–Crippen LogP) is 4.82. The number of aromatic nitrogens is 1. The van der Waals surface area contributed by atoms with Crippen LogP contribution in [0.1, 0.15) is 70.6 Å². The van der Waals surface area contributed by atoms with Gasteiger partial charge in [0.1, 0.15) is 29.5 Å². The number of alkyl carbamates (subject to hydrolysis) is 1. The predicted molar refractivity (Wildman–Crippen MR) is 173 cm³/mol. The van der Waals surface area contributed by atoms with Gasteiger partial charge < -0.3 is 30.1 Å². The summed E-state index contributed by atoms with van der Waals surface area (Å²) >= 11 is 1.59. The van der Waals surface area contributed by atoms with E-state index in [1.165, 1.54) is 4.90 Å². The van der Waals surface area contributed by atoms with Gasteiger partial charge in [0.05, 0.1) is 12.1 Å². The van der Waals surface area contributed by atoms with Gasteiger partial charge >= 0.3 is 12.1 Å². The fraction of sp³-hybridized carbons (Fsp3) is 0.559. The molecule has 2 aromatic rings. The van der Waals surface area contributed by atoms with E-state index in [2.05, 4.69) is 15.6 Å². The van der Waals surface area contributed by atoms with Crippen molar-refractivity contribution in [3.8, 4) is 5.75 Å². The van der Waals surface area contributed by atoms with E-state index in [1.807, 2.05) is 36.6 Å². The molecule has 5 atom stereocenters. The van der Waals surface area contributed by atoms with Crippen LogP contribution >= 0.6 is 11.8 Å². The molecule has 4 aliphatic rings. The third-order valence-electron chi connectivity index (χ3n) is 9.70. The molecule has 3 heterocycles. The zero-order chi connectivity index (χ0) is 32.3. The number of ether oxygens (including phenoxy) is 2. The van der Waals surface area contributed by atoms with E-state index >= 15 is 0 Å². The molecule has 1 saturated heterocycles. The summed E-state index contributed by atoms with van der Waals surface area (Å²) in [6, 6.07) is 6.25. The number of rotatable bonds is 6. The highest BCUT2D eigenvalue weighted by molar-refractivity contribution is 7.98. The number of carboxylic acid groups (broad SMARTS) is 1. The largest absolute Gasteiger partial charge is 0.488 e. The number of benzene rings is 1. The molecule has 0 radical (unpaired) electrons. The number of pyridine rings is 1. The quantitative estimate of drug-likeness (QED) is 0.296. The zero-order valence-corrected chi connectivity index (χ0v) is 26.9. The van der Waals surface area contributed by atoms with Crippen molar-refractivity contribution in [2.24, 2.45) is 5.92 Å². The molecule has 6 rings (SSSR count). The third kappa shape index (κ3) is 6.96. The lowest BCUT2D eigenvalue weighted by Gasteiger charge is -2.27. The Morgan fingerprint density at radius 3 is 2.70 bits per heavy atom. The number of allylic oxidation sites excluding steroid dienone is 1. The smallest absolute Gasteiger partial charge is 0.407 e. The molecule has 1 aromatic carbocycles. The number of carboxylic acids is 1. The summed E-state index contributed by atoms with van der Waals surface area (Å²) in [7, 11) is 0. The van der Waals surface area contributed by atoms with Crippen LogP contribution in [0.25, 0.3) is 10.9 Å². The summed E-state index contributed by atoms with van der Waals surface area (Å²) in [4.78, 5) is 60.0. The number of thioether (sulfide) groups is 1. The van der Waals surface area contributed by atoms with Gasteiger partial charge in [0, 0.05) is 41.3 Å². The van der Waals surface area contributed by atoms with Crippen LogP contribution in [-0.2, 0) is 19.1 Å². The fourth-order valence-corrected chi connectivity index (χ4v) is 7.64. The number of aliphatic carboxylic acids is 1. The van der Waals surface area contributed by atoms with Gasteiger partial charge in [-0.15, -0.1) is 11.8 Å². The van der Waals surface area contributed by atoms with Gasteiger partial charge in [0.25, 0.3) is 0 Å². The number of fused-ring (bicyclic) bond motifs is 3. The standard InChI is InChI=1S/C34H42N4O7S/c1-46-28-14-8-13-25-27(15-16-35-30(25)28)44-24-18-26-31(40)37-34(32(41)42)19-21(34)9-4-2-3-5-10-22(17-29(39)38(26)20-24)36-33(43)45-23-11-6-7-12-23/h4,8-9,13-16,21-24,26H,2-3,5-7,10-12,17-20H2,1H3,(H,36,43)(H,37,40)(H,41,42)/b9-4-/t21-,22+,24-,26+,34-/m1/s1. The van der Waals surface area contributed by atoms with Gasteiger partial charge in [-0.25, -0.2) is 9.59 Å². The first kappa shape index (κ1) is 32.2. The van der Waals surface area contributed by atoms with E-state index in [0.717, 1.165) is 60.7 Å². The lowest BCUT2D eigenvalue weighted by atomic mass is 10.0. The van der Waals surface area contributed by atoms with Crippen LogP contribution in [0.15, 0.2) is 47.5 Å². The topological polar surface area (TPSA) is 147 Å². The van der Waals surface area contributed by atoms with Gasteiger partial charge in [-0.05, 0) is 75.8 Å². The van der Waals surface area contributed by atoms with E-state index < -0.39 is 41.7 Å². The van der Waals surface area contributed by atoms with Crippen molar-refractivity contribution >= 4 is 46.5 Å². The monoisotopic (exact) mass is 650 g/mol. The van der Waals surface area contributed by atoms with Crippen molar-refractivity contribution in [1.29, 1.82) is 0 Å². The maximum absolute atomic E-state index is 14.0. The highest BCUT2D eigenvalue weighted by atomic mass is 32.2. The number of amides is 3. The van der Waals surface area contributed by atoms with Crippen LogP contribution in [0.4, 0.5) is 4.79 Å². The molecule has 11 nitrogen and oxygen atoms in total. The summed E-state index contributed by atoms with van der Waals surface area (Å²) in [5.74, 6) is -1.61. The molecule has 1 aromatic heterocycles. The summed E-state index contributed by atoms with van der Waals surface area (Å²) in [5, 5.41) is 16.7. The first-order valence-electron chi connectivity index (χ1n) is 16.3. The Morgan fingerprint density at radius 2 is 1.91 bits per heavy atom. The molecule has 2 aliphatic heterocycles. The second kappa shape index (κ2) is 13.9. The van der Waals surface area contributed by atoms with E-state index in [9.17, 15) is 24.3 Å². The number of hydrogen-bond donors (Lipinski definition) is 3. The summed E-state index contributed by atoms with van der Waals surface area (Å²) in [6.07, 6.45) is 13.5. The Labute approximate surface area is 272 Å². The molecule has 3 N–H and O–H groups in total. The molecule has 2 saturated carbocycles. The van der Waals surface area contributed by atoms with Crippen LogP contribution in [0, 0.1) is 5.92 Å². The molecule has 0 bridgehead atoms. The number of para-hydroxylation sites is 1. The average Bonchev–Trinajstić information content (AvgIpc) is 3.32. The second-order valence-electron chi connectivity index (χ2n) is 12.8. The SMILES string of the molecule is CSc1cccc2c(O[C@@H]3C[C@H]4C(=O)N[C@]5(C(=O)O)C[C@H]5/C=C\CCCC[C@H](NC(=O)OC5CCCC5)CC(=O)N4C3)ccnc12. The molecule has 46 heavy (non-hydrogen) atoms. The minimum Gasteiger partial charge on any atom is -0.488 e. The number of hydrogen-bond acceptors (Lipinski definition) is 8. The molecular formula is C34H42N4O7S. The molecule has 0 unspecified atom stereocenters. The molecule has 3 amide bonds. The van der Waals surface area contributed by atoms with Crippen LogP contribution in [0.3, 0.4) is 0 Å². The van der Waals surface area contributed by atoms with Gasteiger partial charge in [-0.3, -0.25) is 14.6 Å². The Morgan fingerprint density at radius 1 is 1.11 bits per heavy atom. The third-order valence-corrected chi connectivity index (χ3v) is 10.5. The average molecular weight is 651 g/mol. The highest BCUT2D eigenvalue weighted by Gasteiger charge is 2.61. The van der Waals surface area contributed by atoms with E-state index in [0.29, 0.717) is 18.6 Å². The summed E-state index contributed by atoms with van der Waals surface area (Å²) < 4.78 is 12.1. The molecule has 3 fully saturated rings. The van der Waals surface area contributed by atoms with E-state index in [1.54, 1.807) is 24.0 Å². The minimum atomic E-state index is -1.38. The molecular weight excluding hydrogens is 608 g/mol. The number of nitrogens with zero attached hydrogens (tertiary/aromatic N) is 2. The summed E-state index contributed by atoms with van der Waals surface area (Å²) in [6.45, 7) is 0.144. The van der Waals surface area contributed by atoms with Crippen LogP contribution in [0.2, 0.25) is 0 Å². The molecule has 0 spiro atoms. The molecule has 12 heteroatoms. The van der Waals surface area contributed by atoms with Crippen molar-refractivity contribution in [3.05, 3.63) is 42.6 Å². The minimum absolute atomic E-state index is 0.00588. The highest BCUT2D eigenvalue weighted by Crippen LogP contribution is 2.45. The van der Waals surface area contributed by atoms with Crippen molar-refractivity contribution in [2.45, 2.75) is 105 Å². The van der Waals surface area contributed by atoms with Crippen LogP contribution in [0.5, 0.6) is 5.75 Å². The van der Waals surface area contributed by atoms with Crippen molar-refractivity contribution in [1.82, 2.24) is 20.5 Å². The lowest BCUT2D eigenvalue weighted by Crippen LogP contribution is -2.53. The Kier molecular flexibility index (Phi) is 9.72. The van der Waals surface area contributed by atoms with E-state index in [-0.39, 0.29) is 37.3 Å². The van der Waals surface area contributed by atoms with Gasteiger partial charge in [-0.1, -0.05) is 24.6 Å². The number of carbonyl (C=O) groups is 4. The Balaban J connectivity index is 1.24. The van der Waals surface area contributed by atoms with Crippen molar-refractivity contribution in [3.63, 3.8) is 0 Å². The van der Waals surface area contributed by atoms with Crippen molar-refractivity contribution < 1.29 is 33.8 Å². The Bertz CT molecular complexity index is 1510. The number of carbonyl (C=O) groups excluding carboxylic acids is 3. The van der Waals surface area contributed by atoms with Gasteiger partial charge in [0.15, 0.2) is 0 Å². The molecule has 2 aliphatic carbocycles. The second-order valence-corrected chi connectivity index (χ2v) is 13.7.